The van der Waals surface area contributed by atoms with Crippen LogP contribution in [0.25, 0.3) is 11.0 Å². The summed E-state index contributed by atoms with van der Waals surface area (Å²) in [7, 11) is 0. The molecule has 0 atom stereocenters. The van der Waals surface area contributed by atoms with E-state index in [4.69, 9.17) is 22.3 Å². The maximum Gasteiger partial charge on any atom is 0.252 e. The number of aryl methyl sites for hydroxylation is 1. The van der Waals surface area contributed by atoms with Crippen molar-refractivity contribution in [2.45, 2.75) is 32.2 Å². The Morgan fingerprint density at radius 1 is 1.26 bits per heavy atom. The first-order chi connectivity index (χ1) is 13.1. The fraction of sp³-hybridized carbons (Fsp3) is 0.368. The van der Waals surface area contributed by atoms with Crippen LogP contribution in [0.3, 0.4) is 0 Å². The van der Waals surface area contributed by atoms with Crippen molar-refractivity contribution in [3.8, 4) is 0 Å². The summed E-state index contributed by atoms with van der Waals surface area (Å²) in [5.74, 6) is 1.08. The lowest BCUT2D eigenvalue weighted by molar-refractivity contribution is 0.1000. The van der Waals surface area contributed by atoms with Gasteiger partial charge in [0.15, 0.2) is 11.0 Å². The van der Waals surface area contributed by atoms with Crippen molar-refractivity contribution in [1.29, 1.82) is 0 Å². The second-order valence-corrected chi connectivity index (χ2v) is 7.11. The number of primary amides is 1. The molecule has 2 N–H and O–H groups in total. The Hall–Kier alpha value is -2.67. The first-order valence-electron chi connectivity index (χ1n) is 9.12. The third kappa shape index (κ3) is 3.23. The standard InChI is InChI=1S/C19H21ClN6O/c1-2-17-22-14-5-3-4-6-15(14)26(17)12-7-9-25(10-8-12)19-13(18(21)27)11-16(20)23-24-19/h3-6,11-12H,2,7-10H2,1H3,(H2,21,27). The zero-order valence-corrected chi connectivity index (χ0v) is 15.9. The third-order valence-electron chi connectivity index (χ3n) is 5.12. The summed E-state index contributed by atoms with van der Waals surface area (Å²) in [5.41, 5.74) is 8.02. The number of imidazole rings is 1. The van der Waals surface area contributed by atoms with Gasteiger partial charge in [-0.2, -0.15) is 0 Å². The summed E-state index contributed by atoms with van der Waals surface area (Å²) < 4.78 is 2.37. The molecular weight excluding hydrogens is 364 g/mol. The molecule has 4 rings (SSSR count). The van der Waals surface area contributed by atoms with Crippen LogP contribution in [0.5, 0.6) is 0 Å². The predicted molar refractivity (Wildman–Crippen MR) is 105 cm³/mol. The van der Waals surface area contributed by atoms with Gasteiger partial charge in [0.25, 0.3) is 5.91 Å². The van der Waals surface area contributed by atoms with Gasteiger partial charge in [-0.1, -0.05) is 30.7 Å². The van der Waals surface area contributed by atoms with Crippen LogP contribution in [0.2, 0.25) is 5.15 Å². The summed E-state index contributed by atoms with van der Waals surface area (Å²) in [6.07, 6.45) is 2.75. The topological polar surface area (TPSA) is 89.9 Å². The fourth-order valence-corrected chi connectivity index (χ4v) is 4.01. The molecule has 140 valence electrons. The van der Waals surface area contributed by atoms with E-state index in [9.17, 15) is 4.79 Å². The molecule has 0 unspecified atom stereocenters. The Balaban J connectivity index is 1.60. The molecule has 3 aromatic rings. The number of carbonyl (C=O) groups is 1. The maximum atomic E-state index is 11.8. The highest BCUT2D eigenvalue weighted by molar-refractivity contribution is 6.29. The van der Waals surface area contributed by atoms with Crippen LogP contribution >= 0.6 is 11.6 Å². The molecule has 3 heterocycles. The monoisotopic (exact) mass is 384 g/mol. The number of nitrogens with two attached hydrogens (primary N) is 1. The number of piperidine rings is 1. The molecule has 27 heavy (non-hydrogen) atoms. The van der Waals surface area contributed by atoms with Gasteiger partial charge in [-0.25, -0.2) is 4.98 Å². The highest BCUT2D eigenvalue weighted by atomic mass is 35.5. The normalized spacial score (nSPS) is 15.4. The number of hydrogen-bond donors (Lipinski definition) is 1. The van der Waals surface area contributed by atoms with Gasteiger partial charge in [0.05, 0.1) is 16.6 Å². The quantitative estimate of drug-likeness (QED) is 0.746. The van der Waals surface area contributed by atoms with Crippen LogP contribution in [-0.4, -0.2) is 38.7 Å². The zero-order valence-electron chi connectivity index (χ0n) is 15.1. The van der Waals surface area contributed by atoms with Crippen LogP contribution < -0.4 is 10.6 Å². The van der Waals surface area contributed by atoms with Gasteiger partial charge >= 0.3 is 0 Å². The summed E-state index contributed by atoms with van der Waals surface area (Å²) >= 11 is 5.87. The largest absolute Gasteiger partial charge is 0.365 e. The van der Waals surface area contributed by atoms with Gasteiger partial charge in [-0.05, 0) is 31.0 Å². The molecule has 1 aliphatic heterocycles. The molecule has 8 heteroatoms. The molecule has 1 fully saturated rings. The number of aromatic nitrogens is 4. The number of nitrogens with zero attached hydrogens (tertiary/aromatic N) is 5. The van der Waals surface area contributed by atoms with Crippen molar-refractivity contribution in [2.75, 3.05) is 18.0 Å². The van der Waals surface area contributed by atoms with Crippen molar-refractivity contribution in [1.82, 2.24) is 19.7 Å². The molecule has 1 amide bonds. The van der Waals surface area contributed by atoms with Crippen molar-refractivity contribution in [2.24, 2.45) is 5.73 Å². The van der Waals surface area contributed by atoms with Gasteiger partial charge in [-0.3, -0.25) is 4.79 Å². The predicted octanol–water partition coefficient (Wildman–Crippen LogP) is 2.98. The van der Waals surface area contributed by atoms with Gasteiger partial charge < -0.3 is 15.2 Å². The Kier molecular flexibility index (Phi) is 4.70. The number of para-hydroxylation sites is 2. The number of amides is 1. The van der Waals surface area contributed by atoms with Crippen molar-refractivity contribution < 1.29 is 4.79 Å². The number of hydrogen-bond acceptors (Lipinski definition) is 5. The number of rotatable bonds is 4. The highest BCUT2D eigenvalue weighted by Crippen LogP contribution is 2.31. The minimum Gasteiger partial charge on any atom is -0.365 e. The van der Waals surface area contributed by atoms with E-state index in [-0.39, 0.29) is 5.15 Å². The number of fused-ring (bicyclic) bond motifs is 1. The van der Waals surface area contributed by atoms with Gasteiger partial charge in [0, 0.05) is 25.6 Å². The molecule has 0 spiro atoms. The minimum atomic E-state index is -0.544. The number of benzene rings is 1. The number of halogens is 1. The summed E-state index contributed by atoms with van der Waals surface area (Å²) in [4.78, 5) is 18.6. The Labute approximate surface area is 162 Å². The van der Waals surface area contributed by atoms with Crippen LogP contribution in [-0.2, 0) is 6.42 Å². The van der Waals surface area contributed by atoms with Crippen molar-refractivity contribution in [3.05, 3.63) is 46.9 Å². The SMILES string of the molecule is CCc1nc2ccccc2n1C1CCN(c2nnc(Cl)cc2C(N)=O)CC1. The zero-order chi connectivity index (χ0) is 19.0. The molecule has 0 aliphatic carbocycles. The molecule has 1 aliphatic rings. The fourth-order valence-electron chi connectivity index (χ4n) is 3.86. The van der Waals surface area contributed by atoms with E-state index in [0.717, 1.165) is 43.7 Å². The van der Waals surface area contributed by atoms with Crippen LogP contribution in [0.15, 0.2) is 30.3 Å². The van der Waals surface area contributed by atoms with E-state index in [2.05, 4.69) is 44.8 Å². The van der Waals surface area contributed by atoms with Crippen molar-refractivity contribution >= 4 is 34.4 Å². The smallest absolute Gasteiger partial charge is 0.252 e. The lowest BCUT2D eigenvalue weighted by atomic mass is 10.0. The first-order valence-corrected chi connectivity index (χ1v) is 9.50. The second kappa shape index (κ2) is 7.15. The Morgan fingerprint density at radius 2 is 2.00 bits per heavy atom. The molecule has 0 radical (unpaired) electrons. The van der Waals surface area contributed by atoms with E-state index in [1.54, 1.807) is 0 Å². The van der Waals surface area contributed by atoms with E-state index in [1.165, 1.54) is 11.6 Å². The molecule has 0 saturated carbocycles. The summed E-state index contributed by atoms with van der Waals surface area (Å²) in [6, 6.07) is 10.1. The average Bonchev–Trinajstić information content (AvgIpc) is 3.06. The highest BCUT2D eigenvalue weighted by Gasteiger charge is 2.27. The Morgan fingerprint density at radius 3 is 2.70 bits per heavy atom. The summed E-state index contributed by atoms with van der Waals surface area (Å²) in [5, 5.41) is 8.17. The van der Waals surface area contributed by atoms with Crippen molar-refractivity contribution in [3.63, 3.8) is 0 Å². The van der Waals surface area contributed by atoms with E-state index < -0.39 is 5.91 Å². The van der Waals surface area contributed by atoms with Crippen LogP contribution in [0.4, 0.5) is 5.82 Å². The average molecular weight is 385 g/mol. The van der Waals surface area contributed by atoms with Gasteiger partial charge in [-0.15, -0.1) is 10.2 Å². The molecule has 1 aromatic carbocycles. The van der Waals surface area contributed by atoms with Gasteiger partial charge in [0.2, 0.25) is 0 Å². The lowest BCUT2D eigenvalue weighted by Crippen LogP contribution is -2.37. The van der Waals surface area contributed by atoms with Crippen LogP contribution in [0.1, 0.15) is 42.0 Å². The molecule has 2 aromatic heterocycles. The first kappa shape index (κ1) is 17.7. The van der Waals surface area contributed by atoms with Gasteiger partial charge in [0.1, 0.15) is 5.82 Å². The minimum absolute atomic E-state index is 0.167. The van der Waals surface area contributed by atoms with E-state index in [1.807, 2.05) is 6.07 Å². The third-order valence-corrected chi connectivity index (χ3v) is 5.31. The lowest BCUT2D eigenvalue weighted by Gasteiger charge is -2.34. The maximum absolute atomic E-state index is 11.8. The molecular formula is C19H21ClN6O. The van der Waals surface area contributed by atoms with E-state index >= 15 is 0 Å². The summed E-state index contributed by atoms with van der Waals surface area (Å²) in [6.45, 7) is 3.66. The second-order valence-electron chi connectivity index (χ2n) is 6.73. The van der Waals surface area contributed by atoms with Crippen LogP contribution in [0, 0.1) is 0 Å². The van der Waals surface area contributed by atoms with E-state index in [0.29, 0.717) is 17.4 Å². The molecule has 1 saturated heterocycles. The number of anilines is 1. The molecule has 0 bridgehead atoms. The Bertz CT molecular complexity index is 993. The molecule has 7 nitrogen and oxygen atoms in total. The number of carbonyl (C=O) groups excluding carboxylic acids is 1.